The van der Waals surface area contributed by atoms with E-state index in [0.717, 1.165) is 12.1 Å². The van der Waals surface area contributed by atoms with E-state index < -0.39 is 0 Å². The van der Waals surface area contributed by atoms with Crippen LogP contribution in [0, 0.1) is 11.3 Å². The third kappa shape index (κ3) is 4.74. The number of hydrogen-bond donors (Lipinski definition) is 1. The second-order valence-electron chi connectivity index (χ2n) is 5.87. The molecular formula is C13H23N3OS. The average Bonchev–Trinajstić information content (AvgIpc) is 2.76. The van der Waals surface area contributed by atoms with Gasteiger partial charge in [-0.2, -0.15) is 0 Å². The van der Waals surface area contributed by atoms with Crippen molar-refractivity contribution in [3.05, 3.63) is 16.6 Å². The summed E-state index contributed by atoms with van der Waals surface area (Å²) in [7, 11) is 1.81. The van der Waals surface area contributed by atoms with Gasteiger partial charge in [0.2, 0.25) is 5.91 Å². The zero-order chi connectivity index (χ0) is 13.8. The molecular weight excluding hydrogens is 246 g/mol. The van der Waals surface area contributed by atoms with Crippen molar-refractivity contribution in [2.75, 3.05) is 13.6 Å². The Hall–Kier alpha value is -0.940. The van der Waals surface area contributed by atoms with E-state index in [1.165, 1.54) is 0 Å². The lowest BCUT2D eigenvalue weighted by Crippen LogP contribution is -2.38. The maximum Gasteiger partial charge on any atom is 0.227 e. The van der Waals surface area contributed by atoms with Crippen LogP contribution in [0.5, 0.6) is 0 Å². The van der Waals surface area contributed by atoms with Crippen molar-refractivity contribution in [1.82, 2.24) is 9.88 Å². The van der Waals surface area contributed by atoms with E-state index in [4.69, 9.17) is 5.73 Å². The quantitative estimate of drug-likeness (QED) is 0.890. The van der Waals surface area contributed by atoms with Crippen molar-refractivity contribution < 1.29 is 4.79 Å². The van der Waals surface area contributed by atoms with Crippen molar-refractivity contribution in [3.8, 4) is 0 Å². The Morgan fingerprint density at radius 1 is 1.56 bits per heavy atom. The van der Waals surface area contributed by atoms with Crippen LogP contribution >= 0.6 is 11.3 Å². The molecule has 0 aliphatic heterocycles. The minimum Gasteiger partial charge on any atom is -0.340 e. The molecule has 1 amide bonds. The van der Waals surface area contributed by atoms with Gasteiger partial charge in [-0.1, -0.05) is 20.8 Å². The first-order valence-corrected chi connectivity index (χ1v) is 7.10. The maximum absolute atomic E-state index is 12.3. The number of thiazole rings is 1. The van der Waals surface area contributed by atoms with Crippen molar-refractivity contribution >= 4 is 17.2 Å². The Morgan fingerprint density at radius 2 is 2.22 bits per heavy atom. The Morgan fingerprint density at radius 3 is 2.67 bits per heavy atom. The van der Waals surface area contributed by atoms with Crippen molar-refractivity contribution in [2.45, 2.75) is 33.7 Å². The lowest BCUT2D eigenvalue weighted by Gasteiger charge is -2.27. The first-order valence-electron chi connectivity index (χ1n) is 6.15. The molecule has 1 aromatic heterocycles. The number of aromatic nitrogens is 1. The Kier molecular flexibility index (Phi) is 5.28. The molecule has 0 saturated heterocycles. The molecule has 102 valence electrons. The third-order valence-corrected chi connectivity index (χ3v) is 3.39. The van der Waals surface area contributed by atoms with Gasteiger partial charge in [0.15, 0.2) is 0 Å². The normalized spacial score (nSPS) is 13.4. The van der Waals surface area contributed by atoms with Crippen LogP contribution in [0.1, 0.15) is 32.9 Å². The number of nitrogens with zero attached hydrogens (tertiary/aromatic N) is 2. The lowest BCUT2D eigenvalue weighted by atomic mass is 9.84. The van der Waals surface area contributed by atoms with Gasteiger partial charge < -0.3 is 10.6 Å². The highest BCUT2D eigenvalue weighted by Gasteiger charge is 2.26. The summed E-state index contributed by atoms with van der Waals surface area (Å²) in [5, 5.41) is 1.96. The van der Waals surface area contributed by atoms with Crippen LogP contribution in [0.4, 0.5) is 0 Å². The summed E-state index contributed by atoms with van der Waals surface area (Å²) in [6.45, 7) is 7.34. The molecule has 2 N–H and O–H groups in total. The van der Waals surface area contributed by atoms with Crippen LogP contribution < -0.4 is 5.73 Å². The fourth-order valence-electron chi connectivity index (χ4n) is 1.96. The first kappa shape index (κ1) is 15.1. The molecule has 1 atom stereocenters. The van der Waals surface area contributed by atoms with Crippen molar-refractivity contribution in [2.24, 2.45) is 17.1 Å². The fraction of sp³-hybridized carbons (Fsp3) is 0.692. The van der Waals surface area contributed by atoms with Crippen molar-refractivity contribution in [1.29, 1.82) is 0 Å². The first-order chi connectivity index (χ1) is 8.33. The number of carbonyl (C=O) groups is 1. The number of rotatable bonds is 5. The number of hydrogen-bond acceptors (Lipinski definition) is 4. The predicted octanol–water partition coefficient (Wildman–Crippen LogP) is 2.11. The number of amides is 1. The molecule has 1 unspecified atom stereocenters. The molecule has 0 aliphatic rings. The number of nitrogens with two attached hydrogens (primary N) is 1. The van der Waals surface area contributed by atoms with Crippen LogP contribution in [0.25, 0.3) is 0 Å². The molecule has 0 spiro atoms. The topological polar surface area (TPSA) is 59.2 Å². The van der Waals surface area contributed by atoms with E-state index in [1.54, 1.807) is 21.7 Å². The van der Waals surface area contributed by atoms with Crippen LogP contribution in [0.2, 0.25) is 0 Å². The summed E-state index contributed by atoms with van der Waals surface area (Å²) in [6, 6.07) is 0. The Bertz CT molecular complexity index is 370. The zero-order valence-corrected chi connectivity index (χ0v) is 12.5. The molecule has 1 rings (SSSR count). The highest BCUT2D eigenvalue weighted by molar-refractivity contribution is 7.07. The molecule has 0 aromatic carbocycles. The molecule has 4 nitrogen and oxygen atoms in total. The van der Waals surface area contributed by atoms with E-state index in [0.29, 0.717) is 13.1 Å². The highest BCUT2D eigenvalue weighted by Crippen LogP contribution is 2.25. The zero-order valence-electron chi connectivity index (χ0n) is 11.6. The van der Waals surface area contributed by atoms with Gasteiger partial charge in [-0.3, -0.25) is 4.79 Å². The Balaban J connectivity index is 2.60. The minimum absolute atomic E-state index is 0.103. The summed E-state index contributed by atoms with van der Waals surface area (Å²) in [4.78, 5) is 18.2. The molecule has 0 radical (unpaired) electrons. The maximum atomic E-state index is 12.3. The van der Waals surface area contributed by atoms with Crippen molar-refractivity contribution in [3.63, 3.8) is 0 Å². The molecule has 0 bridgehead atoms. The standard InChI is InChI=1S/C13H23N3OS/c1-13(2,3)5-10(6-14)12(17)16(4)7-11-8-18-9-15-11/h8-10H,5-7,14H2,1-4H3. The summed E-state index contributed by atoms with van der Waals surface area (Å²) in [6.07, 6.45) is 0.809. The molecule has 1 heterocycles. The third-order valence-electron chi connectivity index (χ3n) is 2.75. The van der Waals surface area contributed by atoms with Gasteiger partial charge in [-0.25, -0.2) is 4.98 Å². The van der Waals surface area contributed by atoms with Crippen LogP contribution in [0.15, 0.2) is 10.9 Å². The van der Waals surface area contributed by atoms with E-state index in [1.807, 2.05) is 12.4 Å². The molecule has 0 fully saturated rings. The van der Waals surface area contributed by atoms with E-state index in [9.17, 15) is 4.79 Å². The second kappa shape index (κ2) is 6.29. The molecule has 18 heavy (non-hydrogen) atoms. The highest BCUT2D eigenvalue weighted by atomic mass is 32.1. The van der Waals surface area contributed by atoms with E-state index in [2.05, 4.69) is 25.8 Å². The summed E-state index contributed by atoms with van der Waals surface area (Å²) in [5.41, 5.74) is 8.56. The molecule has 5 heteroatoms. The van der Waals surface area contributed by atoms with Gasteiger partial charge in [0.1, 0.15) is 0 Å². The fourth-order valence-corrected chi connectivity index (χ4v) is 2.51. The minimum atomic E-state index is -0.103. The van der Waals surface area contributed by atoms with Gasteiger partial charge in [0, 0.05) is 19.0 Å². The van der Waals surface area contributed by atoms with Crippen LogP contribution in [-0.4, -0.2) is 29.4 Å². The smallest absolute Gasteiger partial charge is 0.227 e. The van der Waals surface area contributed by atoms with Gasteiger partial charge >= 0.3 is 0 Å². The average molecular weight is 269 g/mol. The molecule has 1 aromatic rings. The monoisotopic (exact) mass is 269 g/mol. The SMILES string of the molecule is CN(Cc1cscn1)C(=O)C(CN)CC(C)(C)C. The molecule has 0 saturated carbocycles. The molecule has 0 aliphatic carbocycles. The predicted molar refractivity (Wildman–Crippen MR) is 75.2 cm³/mol. The van der Waals surface area contributed by atoms with Gasteiger partial charge in [0.05, 0.1) is 23.7 Å². The summed E-state index contributed by atoms with van der Waals surface area (Å²) in [5.74, 6) is 0.00839. The summed E-state index contributed by atoms with van der Waals surface area (Å²) < 4.78 is 0. The van der Waals surface area contributed by atoms with E-state index in [-0.39, 0.29) is 17.2 Å². The Labute approximate surface area is 113 Å². The van der Waals surface area contributed by atoms with Crippen LogP contribution in [-0.2, 0) is 11.3 Å². The number of carbonyl (C=O) groups excluding carboxylic acids is 1. The largest absolute Gasteiger partial charge is 0.340 e. The van der Waals surface area contributed by atoms with E-state index >= 15 is 0 Å². The second-order valence-corrected chi connectivity index (χ2v) is 6.59. The van der Waals surface area contributed by atoms with Gasteiger partial charge in [-0.05, 0) is 11.8 Å². The summed E-state index contributed by atoms with van der Waals surface area (Å²) >= 11 is 1.54. The lowest BCUT2D eigenvalue weighted by molar-refractivity contribution is -0.135. The van der Waals surface area contributed by atoms with Crippen LogP contribution in [0.3, 0.4) is 0 Å². The van der Waals surface area contributed by atoms with Gasteiger partial charge in [-0.15, -0.1) is 11.3 Å². The van der Waals surface area contributed by atoms with Gasteiger partial charge in [0.25, 0.3) is 0 Å².